The summed E-state index contributed by atoms with van der Waals surface area (Å²) in [5, 5.41) is 3.05. The van der Waals surface area contributed by atoms with Crippen LogP contribution in [0.3, 0.4) is 0 Å². The summed E-state index contributed by atoms with van der Waals surface area (Å²) < 4.78 is 5.90. The van der Waals surface area contributed by atoms with Gasteiger partial charge in [0.15, 0.2) is 5.75 Å². The Morgan fingerprint density at radius 2 is 2.20 bits per heavy atom. The predicted molar refractivity (Wildman–Crippen MR) is 68.5 cm³/mol. The van der Waals surface area contributed by atoms with Gasteiger partial charge in [-0.25, -0.2) is 4.79 Å². The van der Waals surface area contributed by atoms with Crippen LogP contribution >= 0.6 is 34.2 Å². The first-order chi connectivity index (χ1) is 7.00. The largest absolute Gasteiger partial charge is 0.412 e. The first-order valence-corrected chi connectivity index (χ1v) is 5.88. The number of hydrogen-bond acceptors (Lipinski definition) is 2. The van der Waals surface area contributed by atoms with Crippen molar-refractivity contribution in [2.75, 3.05) is 0 Å². The third-order valence-corrected chi connectivity index (χ3v) is 2.67. The molecule has 1 N–H and O–H groups in total. The number of hydrogen-bond donors (Lipinski definition) is 1. The van der Waals surface area contributed by atoms with Crippen LogP contribution in [0, 0.1) is 3.57 Å². The van der Waals surface area contributed by atoms with Gasteiger partial charge >= 0.3 is 6.09 Å². The molecule has 0 bridgehead atoms. The minimum Gasteiger partial charge on any atom is -0.408 e. The van der Waals surface area contributed by atoms with E-state index in [1.807, 2.05) is 19.9 Å². The fourth-order valence-electron chi connectivity index (χ4n) is 0.938. The van der Waals surface area contributed by atoms with E-state index in [0.29, 0.717) is 10.8 Å². The third-order valence-electron chi connectivity index (χ3n) is 1.52. The lowest BCUT2D eigenvalue weighted by Crippen LogP contribution is -2.32. The Labute approximate surface area is 107 Å². The highest BCUT2D eigenvalue weighted by atomic mass is 127. The Morgan fingerprint density at radius 1 is 1.53 bits per heavy atom. The molecule has 0 aliphatic carbocycles. The van der Waals surface area contributed by atoms with Gasteiger partial charge in [-0.05, 0) is 48.6 Å². The summed E-state index contributed by atoms with van der Waals surface area (Å²) in [5.74, 6) is 0.401. The van der Waals surface area contributed by atoms with Crippen LogP contribution in [-0.2, 0) is 0 Å². The van der Waals surface area contributed by atoms with Gasteiger partial charge in [0.05, 0.1) is 8.59 Å². The summed E-state index contributed by atoms with van der Waals surface area (Å²) in [6, 6.07) is 5.35. The molecule has 0 atom stereocenters. The van der Waals surface area contributed by atoms with Crippen LogP contribution < -0.4 is 10.1 Å². The van der Waals surface area contributed by atoms with Gasteiger partial charge in [-0.2, -0.15) is 0 Å². The van der Waals surface area contributed by atoms with Gasteiger partial charge in [0.2, 0.25) is 0 Å². The molecule has 0 fully saturated rings. The number of nitrogens with one attached hydrogen (secondary N) is 1. The monoisotopic (exact) mass is 339 g/mol. The molecule has 3 nitrogen and oxygen atoms in total. The van der Waals surface area contributed by atoms with E-state index in [1.54, 1.807) is 12.1 Å². The van der Waals surface area contributed by atoms with Crippen molar-refractivity contribution in [2.45, 2.75) is 19.9 Å². The van der Waals surface area contributed by atoms with Crippen LogP contribution in [0.4, 0.5) is 4.79 Å². The Balaban J connectivity index is 2.76. The molecule has 1 amide bonds. The lowest BCUT2D eigenvalue weighted by Gasteiger charge is -2.11. The molecule has 1 aromatic rings. The molecule has 0 spiro atoms. The fraction of sp³-hybridized carbons (Fsp3) is 0.300. The molecular weight excluding hydrogens is 328 g/mol. The molecule has 82 valence electrons. The van der Waals surface area contributed by atoms with Gasteiger partial charge < -0.3 is 10.1 Å². The second-order valence-corrected chi connectivity index (χ2v) is 4.81. The molecule has 15 heavy (non-hydrogen) atoms. The molecule has 1 aromatic carbocycles. The lowest BCUT2D eigenvalue weighted by molar-refractivity contribution is 0.197. The van der Waals surface area contributed by atoms with E-state index in [1.165, 1.54) is 0 Å². The van der Waals surface area contributed by atoms with Gasteiger partial charge in [-0.1, -0.05) is 17.7 Å². The predicted octanol–water partition coefficient (Wildman–Crippen LogP) is 3.44. The van der Waals surface area contributed by atoms with E-state index < -0.39 is 6.09 Å². The van der Waals surface area contributed by atoms with E-state index in [-0.39, 0.29) is 6.04 Å². The number of carbonyl (C=O) groups excluding carboxylic acids is 1. The van der Waals surface area contributed by atoms with E-state index in [9.17, 15) is 4.79 Å². The van der Waals surface area contributed by atoms with Crippen molar-refractivity contribution in [3.63, 3.8) is 0 Å². The summed E-state index contributed by atoms with van der Waals surface area (Å²) in [6.45, 7) is 3.72. The van der Waals surface area contributed by atoms with Crippen molar-refractivity contribution in [3.05, 3.63) is 26.8 Å². The third kappa shape index (κ3) is 3.87. The Morgan fingerprint density at radius 3 is 2.73 bits per heavy atom. The maximum atomic E-state index is 11.3. The van der Waals surface area contributed by atoms with E-state index >= 15 is 0 Å². The fourth-order valence-corrected chi connectivity index (χ4v) is 1.92. The van der Waals surface area contributed by atoms with Gasteiger partial charge in [-0.15, -0.1) is 0 Å². The number of carbonyl (C=O) groups is 1. The molecule has 0 saturated carbocycles. The zero-order chi connectivity index (χ0) is 11.4. The van der Waals surface area contributed by atoms with Gasteiger partial charge in [-0.3, -0.25) is 0 Å². The summed E-state index contributed by atoms with van der Waals surface area (Å²) >= 11 is 7.96. The molecule has 0 aliphatic heterocycles. The molecule has 1 rings (SSSR count). The highest BCUT2D eigenvalue weighted by molar-refractivity contribution is 14.1. The first kappa shape index (κ1) is 12.6. The second kappa shape index (κ2) is 5.55. The highest BCUT2D eigenvalue weighted by Crippen LogP contribution is 2.29. The molecular formula is C10H11ClINO2. The average molecular weight is 340 g/mol. The van der Waals surface area contributed by atoms with Gasteiger partial charge in [0.1, 0.15) is 0 Å². The van der Waals surface area contributed by atoms with E-state index in [2.05, 4.69) is 27.9 Å². The standard InChI is InChI=1S/C10H11ClINO2/c1-6(2)13-10(14)15-9-7(11)4-3-5-8(9)12/h3-6H,1-2H3,(H,13,14). The molecule has 0 aromatic heterocycles. The zero-order valence-electron chi connectivity index (χ0n) is 8.38. The van der Waals surface area contributed by atoms with Crippen molar-refractivity contribution in [2.24, 2.45) is 0 Å². The maximum Gasteiger partial charge on any atom is 0.412 e. The van der Waals surface area contributed by atoms with Crippen molar-refractivity contribution >= 4 is 40.3 Å². The van der Waals surface area contributed by atoms with Crippen LogP contribution in [0.5, 0.6) is 5.75 Å². The van der Waals surface area contributed by atoms with Crippen molar-refractivity contribution < 1.29 is 9.53 Å². The lowest BCUT2D eigenvalue weighted by atomic mass is 10.3. The number of ether oxygens (including phenoxy) is 1. The Hall–Kier alpha value is -0.490. The number of benzene rings is 1. The highest BCUT2D eigenvalue weighted by Gasteiger charge is 2.11. The second-order valence-electron chi connectivity index (χ2n) is 3.24. The molecule has 0 unspecified atom stereocenters. The minimum atomic E-state index is -0.490. The number of para-hydroxylation sites is 1. The van der Waals surface area contributed by atoms with Gasteiger partial charge in [0, 0.05) is 6.04 Å². The number of rotatable bonds is 2. The van der Waals surface area contributed by atoms with Crippen LogP contribution in [0.15, 0.2) is 18.2 Å². The van der Waals surface area contributed by atoms with E-state index in [4.69, 9.17) is 16.3 Å². The van der Waals surface area contributed by atoms with Crippen LogP contribution in [-0.4, -0.2) is 12.1 Å². The zero-order valence-corrected chi connectivity index (χ0v) is 11.3. The molecule has 0 heterocycles. The quantitative estimate of drug-likeness (QED) is 0.838. The maximum absolute atomic E-state index is 11.3. The SMILES string of the molecule is CC(C)NC(=O)Oc1c(Cl)cccc1I. The minimum absolute atomic E-state index is 0.0395. The topological polar surface area (TPSA) is 38.3 Å². The normalized spacial score (nSPS) is 10.2. The van der Waals surface area contributed by atoms with Crippen molar-refractivity contribution in [1.29, 1.82) is 0 Å². The van der Waals surface area contributed by atoms with Crippen LogP contribution in [0.1, 0.15) is 13.8 Å². The number of amides is 1. The molecule has 0 radical (unpaired) electrons. The van der Waals surface area contributed by atoms with Crippen LogP contribution in [0.2, 0.25) is 5.02 Å². The Bertz CT molecular complexity index is 348. The summed E-state index contributed by atoms with van der Waals surface area (Å²) in [5.41, 5.74) is 0. The first-order valence-electron chi connectivity index (χ1n) is 4.43. The Kier molecular flexibility index (Phi) is 4.66. The smallest absolute Gasteiger partial charge is 0.408 e. The summed E-state index contributed by atoms with van der Waals surface area (Å²) in [7, 11) is 0. The van der Waals surface area contributed by atoms with Crippen molar-refractivity contribution in [1.82, 2.24) is 5.32 Å². The molecule has 0 saturated heterocycles. The number of halogens is 2. The van der Waals surface area contributed by atoms with E-state index in [0.717, 1.165) is 3.57 Å². The summed E-state index contributed by atoms with van der Waals surface area (Å²) in [4.78, 5) is 11.3. The van der Waals surface area contributed by atoms with Crippen molar-refractivity contribution in [3.8, 4) is 5.75 Å². The average Bonchev–Trinajstić information content (AvgIpc) is 2.10. The van der Waals surface area contributed by atoms with Crippen LogP contribution in [0.25, 0.3) is 0 Å². The van der Waals surface area contributed by atoms with Gasteiger partial charge in [0.25, 0.3) is 0 Å². The molecule has 0 aliphatic rings. The molecule has 5 heteroatoms. The summed E-state index contributed by atoms with van der Waals surface area (Å²) in [6.07, 6.45) is -0.490.